The minimum atomic E-state index is -4.55. The lowest BCUT2D eigenvalue weighted by Crippen LogP contribution is -2.13. The van der Waals surface area contributed by atoms with Gasteiger partial charge in [-0.25, -0.2) is 9.97 Å². The summed E-state index contributed by atoms with van der Waals surface area (Å²) in [4.78, 5) is 18.7. The van der Waals surface area contributed by atoms with Gasteiger partial charge in [0.2, 0.25) is 0 Å². The summed E-state index contributed by atoms with van der Waals surface area (Å²) in [6, 6.07) is 1.25. The van der Waals surface area contributed by atoms with Crippen LogP contribution in [-0.4, -0.2) is 15.9 Å². The number of anilines is 1. The molecule has 0 aliphatic rings. The molecule has 1 N–H and O–H groups in total. The Hall–Kier alpha value is -1.38. The van der Waals surface area contributed by atoms with Crippen LogP contribution < -0.4 is 5.32 Å². The SMILES string of the molecule is O=C(Nc1nc(C(F)(F)F)cs1)c1cnc(Cl)c(Cl)c1. The summed E-state index contributed by atoms with van der Waals surface area (Å²) >= 11 is 11.9. The molecule has 0 atom stereocenters. The topological polar surface area (TPSA) is 54.9 Å². The van der Waals surface area contributed by atoms with Gasteiger partial charge in [-0.15, -0.1) is 11.3 Å². The van der Waals surface area contributed by atoms with Crippen molar-refractivity contribution in [2.45, 2.75) is 6.18 Å². The van der Waals surface area contributed by atoms with Gasteiger partial charge in [0, 0.05) is 11.6 Å². The van der Waals surface area contributed by atoms with Crippen LogP contribution >= 0.6 is 34.5 Å². The Labute approximate surface area is 124 Å². The fraction of sp³-hybridized carbons (Fsp3) is 0.100. The molecule has 2 rings (SSSR count). The number of amides is 1. The second-order valence-corrected chi connectivity index (χ2v) is 5.11. The van der Waals surface area contributed by atoms with E-state index in [0.29, 0.717) is 11.3 Å². The molecule has 0 saturated heterocycles. The van der Waals surface area contributed by atoms with Crippen molar-refractivity contribution < 1.29 is 18.0 Å². The van der Waals surface area contributed by atoms with E-state index in [1.54, 1.807) is 0 Å². The van der Waals surface area contributed by atoms with Gasteiger partial charge in [0.25, 0.3) is 5.91 Å². The summed E-state index contributed by atoms with van der Waals surface area (Å²) in [5, 5.41) is 2.95. The highest BCUT2D eigenvalue weighted by Gasteiger charge is 2.33. The normalized spacial score (nSPS) is 11.4. The molecular weight excluding hydrogens is 338 g/mol. The van der Waals surface area contributed by atoms with Crippen molar-refractivity contribution in [1.82, 2.24) is 9.97 Å². The van der Waals surface area contributed by atoms with Crippen LogP contribution in [-0.2, 0) is 6.18 Å². The van der Waals surface area contributed by atoms with Gasteiger partial charge in [0.1, 0.15) is 5.15 Å². The number of carbonyl (C=O) groups is 1. The highest BCUT2D eigenvalue weighted by atomic mass is 35.5. The third-order valence-electron chi connectivity index (χ3n) is 2.07. The number of halogens is 5. The average Bonchev–Trinajstić information content (AvgIpc) is 2.81. The molecular formula is C10H4Cl2F3N3OS. The molecule has 0 bridgehead atoms. The Morgan fingerprint density at radius 3 is 2.60 bits per heavy atom. The first-order valence-electron chi connectivity index (χ1n) is 4.92. The smallest absolute Gasteiger partial charge is 0.298 e. The van der Waals surface area contributed by atoms with Crippen molar-refractivity contribution in [1.29, 1.82) is 0 Å². The summed E-state index contributed by atoms with van der Waals surface area (Å²) in [6.45, 7) is 0. The lowest BCUT2D eigenvalue weighted by Gasteiger charge is -2.03. The number of carbonyl (C=O) groups excluding carboxylic acids is 1. The third kappa shape index (κ3) is 3.38. The molecule has 106 valence electrons. The van der Waals surface area contributed by atoms with Crippen LogP contribution in [0.15, 0.2) is 17.6 Å². The van der Waals surface area contributed by atoms with Gasteiger partial charge in [-0.3, -0.25) is 10.1 Å². The Bertz CT molecular complexity index is 659. The van der Waals surface area contributed by atoms with Crippen molar-refractivity contribution in [3.63, 3.8) is 0 Å². The van der Waals surface area contributed by atoms with Gasteiger partial charge in [-0.1, -0.05) is 23.2 Å². The molecule has 0 aliphatic heterocycles. The van der Waals surface area contributed by atoms with Gasteiger partial charge >= 0.3 is 6.18 Å². The summed E-state index contributed by atoms with van der Waals surface area (Å²) in [7, 11) is 0. The first-order chi connectivity index (χ1) is 9.27. The maximum absolute atomic E-state index is 12.3. The standard InChI is InChI=1S/C10H4Cl2F3N3OS/c11-5-1-4(2-16-7(5)12)8(19)18-9-17-6(3-20-9)10(13,14)15/h1-3H,(H,17,18,19). The van der Waals surface area contributed by atoms with E-state index in [1.165, 1.54) is 6.07 Å². The average molecular weight is 342 g/mol. The number of hydrogen-bond acceptors (Lipinski definition) is 4. The van der Waals surface area contributed by atoms with Crippen LogP contribution in [0.5, 0.6) is 0 Å². The van der Waals surface area contributed by atoms with E-state index in [1.807, 2.05) is 0 Å². The Morgan fingerprint density at radius 1 is 1.35 bits per heavy atom. The zero-order chi connectivity index (χ0) is 14.9. The largest absolute Gasteiger partial charge is 0.434 e. The number of nitrogens with one attached hydrogen (secondary N) is 1. The van der Waals surface area contributed by atoms with E-state index in [-0.39, 0.29) is 20.9 Å². The molecule has 2 aromatic rings. The molecule has 0 radical (unpaired) electrons. The van der Waals surface area contributed by atoms with E-state index >= 15 is 0 Å². The molecule has 0 spiro atoms. The zero-order valence-electron chi connectivity index (χ0n) is 9.33. The molecule has 0 aliphatic carbocycles. The van der Waals surface area contributed by atoms with Gasteiger partial charge in [0.15, 0.2) is 10.8 Å². The zero-order valence-corrected chi connectivity index (χ0v) is 11.7. The van der Waals surface area contributed by atoms with Crippen LogP contribution in [0, 0.1) is 0 Å². The van der Waals surface area contributed by atoms with Crippen LogP contribution in [0.1, 0.15) is 16.1 Å². The quantitative estimate of drug-likeness (QED) is 0.836. The van der Waals surface area contributed by atoms with Crippen molar-refractivity contribution in [2.75, 3.05) is 5.32 Å². The number of aromatic nitrogens is 2. The molecule has 10 heteroatoms. The van der Waals surface area contributed by atoms with Gasteiger partial charge in [0.05, 0.1) is 10.6 Å². The summed E-state index contributed by atoms with van der Waals surface area (Å²) in [5.41, 5.74) is -1.01. The number of rotatable bonds is 2. The number of hydrogen-bond donors (Lipinski definition) is 1. The minimum Gasteiger partial charge on any atom is -0.298 e. The molecule has 2 aromatic heterocycles. The van der Waals surface area contributed by atoms with E-state index < -0.39 is 17.8 Å². The van der Waals surface area contributed by atoms with Gasteiger partial charge in [-0.2, -0.15) is 13.2 Å². The van der Waals surface area contributed by atoms with Crippen LogP contribution in [0.3, 0.4) is 0 Å². The van der Waals surface area contributed by atoms with E-state index in [0.717, 1.165) is 11.6 Å². The maximum atomic E-state index is 12.3. The molecule has 0 aromatic carbocycles. The lowest BCUT2D eigenvalue weighted by atomic mass is 10.3. The van der Waals surface area contributed by atoms with E-state index in [9.17, 15) is 18.0 Å². The number of pyridine rings is 1. The summed E-state index contributed by atoms with van der Waals surface area (Å²) < 4.78 is 37.0. The first kappa shape index (κ1) is 15.0. The summed E-state index contributed by atoms with van der Waals surface area (Å²) in [5.74, 6) is -0.681. The fourth-order valence-corrected chi connectivity index (χ4v) is 2.16. The first-order valence-corrected chi connectivity index (χ1v) is 6.56. The predicted molar refractivity (Wildman–Crippen MR) is 69.3 cm³/mol. The number of alkyl halides is 3. The molecule has 20 heavy (non-hydrogen) atoms. The predicted octanol–water partition coefficient (Wildman–Crippen LogP) is 4.12. The Balaban J connectivity index is 2.15. The Kier molecular flexibility index (Phi) is 4.17. The minimum absolute atomic E-state index is 0.0248. The Morgan fingerprint density at radius 2 is 2.05 bits per heavy atom. The van der Waals surface area contributed by atoms with Crippen LogP contribution in [0.2, 0.25) is 10.2 Å². The second kappa shape index (κ2) is 5.55. The fourth-order valence-electron chi connectivity index (χ4n) is 1.18. The number of nitrogens with zero attached hydrogens (tertiary/aromatic N) is 2. The van der Waals surface area contributed by atoms with Crippen molar-refractivity contribution in [3.8, 4) is 0 Å². The molecule has 0 fully saturated rings. The molecule has 0 unspecified atom stereocenters. The number of thiazole rings is 1. The van der Waals surface area contributed by atoms with Gasteiger partial charge < -0.3 is 0 Å². The van der Waals surface area contributed by atoms with Crippen molar-refractivity contribution in [3.05, 3.63) is 39.1 Å². The molecule has 0 saturated carbocycles. The second-order valence-electron chi connectivity index (χ2n) is 3.49. The highest BCUT2D eigenvalue weighted by Crippen LogP contribution is 2.31. The van der Waals surface area contributed by atoms with Crippen molar-refractivity contribution >= 4 is 45.6 Å². The monoisotopic (exact) mass is 341 g/mol. The molecule has 4 nitrogen and oxygen atoms in total. The van der Waals surface area contributed by atoms with Crippen LogP contribution in [0.25, 0.3) is 0 Å². The van der Waals surface area contributed by atoms with Crippen molar-refractivity contribution in [2.24, 2.45) is 0 Å². The highest BCUT2D eigenvalue weighted by molar-refractivity contribution is 7.14. The van der Waals surface area contributed by atoms with E-state index in [4.69, 9.17) is 23.2 Å². The third-order valence-corrected chi connectivity index (χ3v) is 3.52. The van der Waals surface area contributed by atoms with Crippen LogP contribution in [0.4, 0.5) is 18.3 Å². The van der Waals surface area contributed by atoms with Gasteiger partial charge in [-0.05, 0) is 6.07 Å². The maximum Gasteiger partial charge on any atom is 0.434 e. The molecule has 2 heterocycles. The summed E-state index contributed by atoms with van der Waals surface area (Å²) in [6.07, 6.45) is -3.40. The lowest BCUT2D eigenvalue weighted by molar-refractivity contribution is -0.140. The molecule has 1 amide bonds. The van der Waals surface area contributed by atoms with E-state index in [2.05, 4.69) is 15.3 Å².